The lowest BCUT2D eigenvalue weighted by Crippen LogP contribution is -2.17. The molecule has 1 aromatic carbocycles. The molecule has 6 heteroatoms. The van der Waals surface area contributed by atoms with Crippen molar-refractivity contribution in [2.24, 2.45) is 0 Å². The molecule has 0 unspecified atom stereocenters. The summed E-state index contributed by atoms with van der Waals surface area (Å²) in [5.41, 5.74) is 1.92. The molecule has 1 aromatic heterocycles. The van der Waals surface area contributed by atoms with Gasteiger partial charge >= 0.3 is 0 Å². The number of hydrogen-bond donors (Lipinski definition) is 1. The molecule has 0 fully saturated rings. The molecule has 0 radical (unpaired) electrons. The number of thioether (sulfide) groups is 1. The zero-order valence-electron chi connectivity index (χ0n) is 14.0. The SMILES string of the molecule is COc1ccc(NC(=O)c2c(C)nc(C(C)C)nc2SC)cc1. The highest BCUT2D eigenvalue weighted by molar-refractivity contribution is 7.98. The first-order chi connectivity index (χ1) is 11.0. The second kappa shape index (κ2) is 7.46. The molecule has 122 valence electrons. The second-order valence-corrected chi connectivity index (χ2v) is 6.18. The highest BCUT2D eigenvalue weighted by Gasteiger charge is 2.19. The van der Waals surface area contributed by atoms with Crippen LogP contribution in [0.2, 0.25) is 0 Å². The molecule has 2 aromatic rings. The number of benzene rings is 1. The molecule has 0 aliphatic heterocycles. The number of carbonyl (C=O) groups is 1. The third-order valence-electron chi connectivity index (χ3n) is 3.36. The van der Waals surface area contributed by atoms with Gasteiger partial charge in [-0.15, -0.1) is 11.8 Å². The Hall–Kier alpha value is -2.08. The van der Waals surface area contributed by atoms with Crippen molar-refractivity contribution in [3.8, 4) is 5.75 Å². The van der Waals surface area contributed by atoms with Crippen molar-refractivity contribution >= 4 is 23.4 Å². The number of rotatable bonds is 5. The van der Waals surface area contributed by atoms with Crippen molar-refractivity contribution in [3.05, 3.63) is 41.3 Å². The van der Waals surface area contributed by atoms with Gasteiger partial charge in [-0.1, -0.05) is 13.8 Å². The fourth-order valence-corrected chi connectivity index (χ4v) is 2.73. The molecule has 0 aliphatic rings. The Kier molecular flexibility index (Phi) is 5.60. The van der Waals surface area contributed by atoms with Crippen LogP contribution in [0.5, 0.6) is 5.75 Å². The van der Waals surface area contributed by atoms with Crippen molar-refractivity contribution in [1.82, 2.24) is 9.97 Å². The quantitative estimate of drug-likeness (QED) is 0.665. The van der Waals surface area contributed by atoms with Crippen LogP contribution in [0.25, 0.3) is 0 Å². The molecule has 1 amide bonds. The van der Waals surface area contributed by atoms with Crippen LogP contribution in [0.15, 0.2) is 29.3 Å². The van der Waals surface area contributed by atoms with E-state index >= 15 is 0 Å². The largest absolute Gasteiger partial charge is 0.497 e. The van der Waals surface area contributed by atoms with E-state index in [1.807, 2.05) is 27.0 Å². The first-order valence-corrected chi connectivity index (χ1v) is 8.56. The monoisotopic (exact) mass is 331 g/mol. The van der Waals surface area contributed by atoms with Crippen LogP contribution in [0.4, 0.5) is 5.69 Å². The summed E-state index contributed by atoms with van der Waals surface area (Å²) in [7, 11) is 1.61. The fourth-order valence-electron chi connectivity index (χ4n) is 2.10. The van der Waals surface area contributed by atoms with E-state index in [0.29, 0.717) is 22.0 Å². The van der Waals surface area contributed by atoms with Crippen LogP contribution in [-0.2, 0) is 0 Å². The number of anilines is 1. The molecule has 0 saturated heterocycles. The molecule has 0 saturated carbocycles. The van der Waals surface area contributed by atoms with Crippen LogP contribution in [-0.4, -0.2) is 29.2 Å². The summed E-state index contributed by atoms with van der Waals surface area (Å²) in [5, 5.41) is 3.59. The minimum absolute atomic E-state index is 0.202. The molecule has 0 spiro atoms. The first-order valence-electron chi connectivity index (χ1n) is 7.34. The summed E-state index contributed by atoms with van der Waals surface area (Å²) in [6.45, 7) is 5.92. The van der Waals surface area contributed by atoms with Gasteiger partial charge in [0.15, 0.2) is 0 Å². The van der Waals surface area contributed by atoms with Crippen LogP contribution >= 0.6 is 11.8 Å². The third kappa shape index (κ3) is 4.01. The van der Waals surface area contributed by atoms with Gasteiger partial charge in [0.25, 0.3) is 5.91 Å². The number of aromatic nitrogens is 2. The standard InChI is InChI=1S/C17H21N3O2S/c1-10(2)15-18-11(3)14(17(20-15)23-5)16(21)19-12-6-8-13(22-4)9-7-12/h6-10H,1-5H3,(H,19,21). The lowest BCUT2D eigenvalue weighted by Gasteiger charge is -2.13. The molecule has 0 atom stereocenters. The lowest BCUT2D eigenvalue weighted by atomic mass is 10.1. The van der Waals surface area contributed by atoms with Gasteiger partial charge in [-0.3, -0.25) is 4.79 Å². The van der Waals surface area contributed by atoms with Crippen LogP contribution in [0.3, 0.4) is 0 Å². The number of amides is 1. The van der Waals surface area contributed by atoms with Crippen molar-refractivity contribution in [2.75, 3.05) is 18.7 Å². The summed E-state index contributed by atoms with van der Waals surface area (Å²) in [6, 6.07) is 7.20. The number of nitrogens with one attached hydrogen (secondary N) is 1. The van der Waals surface area contributed by atoms with E-state index in [0.717, 1.165) is 11.6 Å². The number of methoxy groups -OCH3 is 1. The van der Waals surface area contributed by atoms with Crippen molar-refractivity contribution in [2.45, 2.75) is 31.7 Å². The predicted molar refractivity (Wildman–Crippen MR) is 93.6 cm³/mol. The lowest BCUT2D eigenvalue weighted by molar-refractivity contribution is 0.102. The van der Waals surface area contributed by atoms with E-state index < -0.39 is 0 Å². The fraction of sp³-hybridized carbons (Fsp3) is 0.353. The zero-order valence-corrected chi connectivity index (χ0v) is 14.8. The molecular weight excluding hydrogens is 310 g/mol. The molecule has 1 N–H and O–H groups in total. The summed E-state index contributed by atoms with van der Waals surface area (Å²) in [6.07, 6.45) is 1.91. The van der Waals surface area contributed by atoms with Gasteiger partial charge in [0.05, 0.1) is 18.4 Å². The Labute approximate surface area is 140 Å². The Morgan fingerprint density at radius 2 is 1.87 bits per heavy atom. The van der Waals surface area contributed by atoms with Gasteiger partial charge in [-0.2, -0.15) is 0 Å². The second-order valence-electron chi connectivity index (χ2n) is 5.39. The molecule has 23 heavy (non-hydrogen) atoms. The Morgan fingerprint density at radius 3 is 2.39 bits per heavy atom. The highest BCUT2D eigenvalue weighted by Crippen LogP contribution is 2.24. The van der Waals surface area contributed by atoms with Gasteiger partial charge in [-0.25, -0.2) is 9.97 Å². The average molecular weight is 331 g/mol. The van der Waals surface area contributed by atoms with Gasteiger partial charge in [0, 0.05) is 11.6 Å². The maximum Gasteiger partial charge on any atom is 0.260 e. The molecule has 5 nitrogen and oxygen atoms in total. The number of aryl methyl sites for hydroxylation is 1. The van der Waals surface area contributed by atoms with Crippen molar-refractivity contribution < 1.29 is 9.53 Å². The Bertz CT molecular complexity index is 700. The van der Waals surface area contributed by atoms with E-state index in [-0.39, 0.29) is 11.8 Å². The summed E-state index contributed by atoms with van der Waals surface area (Å²) in [5.74, 6) is 1.52. The Morgan fingerprint density at radius 1 is 1.22 bits per heavy atom. The van der Waals surface area contributed by atoms with E-state index in [1.54, 1.807) is 31.4 Å². The number of nitrogens with zero attached hydrogens (tertiary/aromatic N) is 2. The van der Waals surface area contributed by atoms with Crippen LogP contribution in [0.1, 0.15) is 41.6 Å². The van der Waals surface area contributed by atoms with Crippen molar-refractivity contribution in [1.29, 1.82) is 0 Å². The van der Waals surface area contributed by atoms with Crippen molar-refractivity contribution in [3.63, 3.8) is 0 Å². The highest BCUT2D eigenvalue weighted by atomic mass is 32.2. The van der Waals surface area contributed by atoms with E-state index in [4.69, 9.17) is 4.74 Å². The maximum atomic E-state index is 12.6. The van der Waals surface area contributed by atoms with Gasteiger partial charge < -0.3 is 10.1 Å². The average Bonchev–Trinajstić information content (AvgIpc) is 2.54. The van der Waals surface area contributed by atoms with E-state index in [2.05, 4.69) is 15.3 Å². The number of carbonyl (C=O) groups excluding carboxylic acids is 1. The normalized spacial score (nSPS) is 10.7. The smallest absolute Gasteiger partial charge is 0.260 e. The van der Waals surface area contributed by atoms with Crippen LogP contribution in [0, 0.1) is 6.92 Å². The van der Waals surface area contributed by atoms with Gasteiger partial charge in [0.2, 0.25) is 0 Å². The van der Waals surface area contributed by atoms with Gasteiger partial charge in [0.1, 0.15) is 16.6 Å². The Balaban J connectivity index is 2.30. The van der Waals surface area contributed by atoms with E-state index in [1.165, 1.54) is 11.8 Å². The molecule has 0 bridgehead atoms. The number of hydrogen-bond acceptors (Lipinski definition) is 5. The number of ether oxygens (including phenoxy) is 1. The topological polar surface area (TPSA) is 64.1 Å². The van der Waals surface area contributed by atoms with E-state index in [9.17, 15) is 4.79 Å². The summed E-state index contributed by atoms with van der Waals surface area (Å²) < 4.78 is 5.11. The molecule has 1 heterocycles. The maximum absolute atomic E-state index is 12.6. The molecule has 0 aliphatic carbocycles. The first kappa shape index (κ1) is 17.3. The molecule has 2 rings (SSSR count). The minimum atomic E-state index is -0.202. The van der Waals surface area contributed by atoms with Crippen LogP contribution < -0.4 is 10.1 Å². The predicted octanol–water partition coefficient (Wildman–Crippen LogP) is 3.89. The minimum Gasteiger partial charge on any atom is -0.497 e. The third-order valence-corrected chi connectivity index (χ3v) is 4.04. The summed E-state index contributed by atoms with van der Waals surface area (Å²) >= 11 is 1.45. The zero-order chi connectivity index (χ0) is 17.0. The van der Waals surface area contributed by atoms with Gasteiger partial charge in [-0.05, 0) is 37.4 Å². The molecular formula is C17H21N3O2S. The summed E-state index contributed by atoms with van der Waals surface area (Å²) in [4.78, 5) is 21.6.